The molecule has 4 aromatic heterocycles. The molecule has 1 aromatic carbocycles. The maximum absolute atomic E-state index is 14.5. The van der Waals surface area contributed by atoms with Crippen LogP contribution in [0.15, 0.2) is 71.6 Å². The van der Waals surface area contributed by atoms with Crippen LogP contribution in [0, 0.1) is 12.7 Å². The van der Waals surface area contributed by atoms with Crippen molar-refractivity contribution in [2.75, 3.05) is 0 Å². The molecule has 30 heavy (non-hydrogen) atoms. The van der Waals surface area contributed by atoms with Gasteiger partial charge in [0.2, 0.25) is 5.82 Å². The lowest BCUT2D eigenvalue weighted by atomic mass is 10.1. The maximum atomic E-state index is 14.5. The molecule has 5 rings (SSSR count). The fourth-order valence-corrected chi connectivity index (χ4v) is 3.02. The quantitative estimate of drug-likeness (QED) is 0.452. The Bertz CT molecular complexity index is 1310. The van der Waals surface area contributed by atoms with Crippen molar-refractivity contribution in [1.29, 1.82) is 0 Å². The molecule has 0 aliphatic carbocycles. The maximum Gasteiger partial charge on any atom is 0.281 e. The van der Waals surface area contributed by atoms with Crippen LogP contribution in [0.5, 0.6) is 0 Å². The lowest BCUT2D eigenvalue weighted by Crippen LogP contribution is -2.02. The van der Waals surface area contributed by atoms with E-state index in [9.17, 15) is 4.39 Å². The number of para-hydroxylation sites is 1. The van der Waals surface area contributed by atoms with E-state index >= 15 is 0 Å². The first-order chi connectivity index (χ1) is 14.7. The van der Waals surface area contributed by atoms with E-state index in [4.69, 9.17) is 4.52 Å². The summed E-state index contributed by atoms with van der Waals surface area (Å²) in [5.74, 6) is 0.111. The van der Waals surface area contributed by atoms with Gasteiger partial charge in [-0.2, -0.15) is 4.98 Å². The van der Waals surface area contributed by atoms with Crippen LogP contribution >= 0.6 is 0 Å². The molecule has 0 fully saturated rings. The van der Waals surface area contributed by atoms with Crippen LogP contribution in [-0.4, -0.2) is 35.1 Å². The Morgan fingerprint density at radius 2 is 1.80 bits per heavy atom. The molecule has 0 spiro atoms. The van der Waals surface area contributed by atoms with Crippen LogP contribution in [0.2, 0.25) is 0 Å². The van der Waals surface area contributed by atoms with E-state index in [1.165, 1.54) is 10.7 Å². The van der Waals surface area contributed by atoms with E-state index in [0.29, 0.717) is 22.8 Å². The minimum atomic E-state index is -0.429. The lowest BCUT2D eigenvalue weighted by Gasteiger charge is -2.08. The summed E-state index contributed by atoms with van der Waals surface area (Å²) in [6.45, 7) is 1.90. The van der Waals surface area contributed by atoms with Gasteiger partial charge < -0.3 is 4.52 Å². The highest BCUT2D eigenvalue weighted by Crippen LogP contribution is 2.32. The van der Waals surface area contributed by atoms with Gasteiger partial charge in [0.15, 0.2) is 5.69 Å². The summed E-state index contributed by atoms with van der Waals surface area (Å²) in [7, 11) is 0. The zero-order valence-electron chi connectivity index (χ0n) is 15.8. The minimum absolute atomic E-state index is 0.167. The van der Waals surface area contributed by atoms with Crippen LogP contribution in [0.1, 0.15) is 5.69 Å². The zero-order chi connectivity index (χ0) is 20.5. The molecule has 0 saturated heterocycles. The Labute approximate surface area is 170 Å². The third-order valence-electron chi connectivity index (χ3n) is 4.50. The first kappa shape index (κ1) is 17.8. The van der Waals surface area contributed by atoms with Crippen molar-refractivity contribution in [3.8, 4) is 39.9 Å². The van der Waals surface area contributed by atoms with E-state index < -0.39 is 5.82 Å². The fraction of sp³-hybridized carbons (Fsp3) is 0.0476. The van der Waals surface area contributed by atoms with Crippen molar-refractivity contribution in [1.82, 2.24) is 35.1 Å². The molecule has 0 aliphatic heterocycles. The zero-order valence-corrected chi connectivity index (χ0v) is 15.8. The minimum Gasteiger partial charge on any atom is -0.332 e. The van der Waals surface area contributed by atoms with E-state index in [0.717, 1.165) is 11.3 Å². The molecule has 0 amide bonds. The standard InChI is InChI=1S/C21H14FN7O/c1-13-6-7-15(12-24-13)20-25-21(30-27-20)18-19(14-8-10-23-11-9-14)29(28-26-18)17-5-3-2-4-16(17)22/h2-12H,1H3. The number of rotatable bonds is 4. The second-order valence-electron chi connectivity index (χ2n) is 6.50. The Kier molecular flexibility index (Phi) is 4.32. The second kappa shape index (κ2) is 7.28. The van der Waals surface area contributed by atoms with Crippen molar-refractivity contribution < 1.29 is 8.91 Å². The van der Waals surface area contributed by atoms with Crippen LogP contribution in [-0.2, 0) is 0 Å². The molecule has 0 saturated carbocycles. The molecule has 0 bridgehead atoms. The van der Waals surface area contributed by atoms with Gasteiger partial charge in [-0.15, -0.1) is 5.10 Å². The largest absolute Gasteiger partial charge is 0.332 e. The van der Waals surface area contributed by atoms with Crippen molar-refractivity contribution in [3.63, 3.8) is 0 Å². The predicted octanol–water partition coefficient (Wildman–Crippen LogP) is 3.89. The van der Waals surface area contributed by atoms with Gasteiger partial charge in [0.25, 0.3) is 5.89 Å². The number of benzene rings is 1. The van der Waals surface area contributed by atoms with Gasteiger partial charge >= 0.3 is 0 Å². The number of pyridine rings is 2. The summed E-state index contributed by atoms with van der Waals surface area (Å²) < 4.78 is 21.4. The van der Waals surface area contributed by atoms with E-state index in [1.807, 2.05) is 19.1 Å². The summed E-state index contributed by atoms with van der Waals surface area (Å²) in [5.41, 5.74) is 3.43. The molecule has 0 unspecified atom stereocenters. The van der Waals surface area contributed by atoms with Gasteiger partial charge in [0.05, 0.1) is 0 Å². The molecule has 0 aliphatic rings. The third kappa shape index (κ3) is 3.12. The smallest absolute Gasteiger partial charge is 0.281 e. The summed E-state index contributed by atoms with van der Waals surface area (Å²) in [6, 6.07) is 13.6. The van der Waals surface area contributed by atoms with Crippen molar-refractivity contribution >= 4 is 0 Å². The van der Waals surface area contributed by atoms with Crippen molar-refractivity contribution in [2.45, 2.75) is 6.92 Å². The molecule has 5 aromatic rings. The number of hydrogen-bond acceptors (Lipinski definition) is 7. The fourth-order valence-electron chi connectivity index (χ4n) is 3.02. The summed E-state index contributed by atoms with van der Waals surface area (Å²) in [6.07, 6.45) is 4.94. The van der Waals surface area contributed by atoms with Gasteiger partial charge in [-0.25, -0.2) is 9.07 Å². The summed E-state index contributed by atoms with van der Waals surface area (Å²) >= 11 is 0. The van der Waals surface area contributed by atoms with Gasteiger partial charge in [0, 0.05) is 35.4 Å². The van der Waals surface area contributed by atoms with Crippen LogP contribution in [0.3, 0.4) is 0 Å². The first-order valence-electron chi connectivity index (χ1n) is 9.09. The molecule has 4 heterocycles. The second-order valence-corrected chi connectivity index (χ2v) is 6.50. The summed E-state index contributed by atoms with van der Waals surface area (Å²) in [4.78, 5) is 12.8. The highest BCUT2D eigenvalue weighted by Gasteiger charge is 2.24. The van der Waals surface area contributed by atoms with E-state index in [1.54, 1.807) is 48.9 Å². The lowest BCUT2D eigenvalue weighted by molar-refractivity contribution is 0.431. The van der Waals surface area contributed by atoms with Gasteiger partial charge in [-0.05, 0) is 43.3 Å². The van der Waals surface area contributed by atoms with Gasteiger partial charge in [-0.1, -0.05) is 22.5 Å². The van der Waals surface area contributed by atoms with Crippen molar-refractivity contribution in [3.05, 3.63) is 78.6 Å². The van der Waals surface area contributed by atoms with E-state index in [-0.39, 0.29) is 11.6 Å². The number of aromatic nitrogens is 7. The Morgan fingerprint density at radius 3 is 2.57 bits per heavy atom. The van der Waals surface area contributed by atoms with Crippen LogP contribution in [0.4, 0.5) is 4.39 Å². The molecule has 0 atom stereocenters. The average Bonchev–Trinajstić information content (AvgIpc) is 3.43. The number of hydrogen-bond donors (Lipinski definition) is 0. The molecule has 0 radical (unpaired) electrons. The first-order valence-corrected chi connectivity index (χ1v) is 9.09. The topological polar surface area (TPSA) is 95.4 Å². The van der Waals surface area contributed by atoms with Gasteiger partial charge in [0.1, 0.15) is 17.2 Å². The monoisotopic (exact) mass is 399 g/mol. The number of halogens is 1. The highest BCUT2D eigenvalue weighted by atomic mass is 19.1. The number of nitrogens with zero attached hydrogens (tertiary/aromatic N) is 7. The van der Waals surface area contributed by atoms with Gasteiger partial charge in [-0.3, -0.25) is 9.97 Å². The predicted molar refractivity (Wildman–Crippen MR) is 106 cm³/mol. The highest BCUT2D eigenvalue weighted by molar-refractivity contribution is 5.75. The molecule has 9 heteroatoms. The molecule has 146 valence electrons. The summed E-state index contributed by atoms with van der Waals surface area (Å²) in [5, 5.41) is 12.4. The van der Waals surface area contributed by atoms with Crippen molar-refractivity contribution in [2.24, 2.45) is 0 Å². The third-order valence-corrected chi connectivity index (χ3v) is 4.50. The molecular formula is C21H14FN7O. The molecule has 0 N–H and O–H groups in total. The molecular weight excluding hydrogens is 385 g/mol. The SMILES string of the molecule is Cc1ccc(-c2noc(-c3nnn(-c4ccccc4F)c3-c3ccncc3)n2)cn1. The normalized spacial score (nSPS) is 11.0. The Balaban J connectivity index is 1.66. The Morgan fingerprint density at radius 1 is 0.967 bits per heavy atom. The molecule has 8 nitrogen and oxygen atoms in total. The van der Waals surface area contributed by atoms with E-state index in [2.05, 4.69) is 30.4 Å². The Hall–Kier alpha value is -4.27. The van der Waals surface area contributed by atoms with Crippen LogP contribution < -0.4 is 0 Å². The average molecular weight is 399 g/mol. The van der Waals surface area contributed by atoms with Crippen LogP contribution in [0.25, 0.3) is 39.9 Å². The number of aryl methyl sites for hydroxylation is 1.